The molecule has 0 fully saturated rings. The summed E-state index contributed by atoms with van der Waals surface area (Å²) in [5.41, 5.74) is 6.35. The van der Waals surface area contributed by atoms with E-state index in [1.54, 1.807) is 7.11 Å². The Hall–Kier alpha value is -1.53. The van der Waals surface area contributed by atoms with E-state index in [0.29, 0.717) is 6.54 Å². The van der Waals surface area contributed by atoms with Crippen molar-refractivity contribution in [3.63, 3.8) is 0 Å². The molecule has 1 atom stereocenters. The molecule has 1 aromatic rings. The Kier molecular flexibility index (Phi) is 3.30. The Morgan fingerprint density at radius 1 is 1.62 bits per heavy atom. The lowest BCUT2D eigenvalue weighted by molar-refractivity contribution is 0.414. The van der Waals surface area contributed by atoms with Crippen molar-refractivity contribution in [2.75, 3.05) is 13.7 Å². The third kappa shape index (κ3) is 2.20. The van der Waals surface area contributed by atoms with Crippen LogP contribution >= 0.6 is 0 Å². The Balaban J connectivity index is 2.94. The van der Waals surface area contributed by atoms with Crippen LogP contribution in [-0.2, 0) is 0 Å². The summed E-state index contributed by atoms with van der Waals surface area (Å²) in [5, 5.41) is 8.77. The van der Waals surface area contributed by atoms with E-state index in [2.05, 4.69) is 6.07 Å². The summed E-state index contributed by atoms with van der Waals surface area (Å²) in [6, 6.07) is 9.55. The molecule has 3 nitrogen and oxygen atoms in total. The van der Waals surface area contributed by atoms with Gasteiger partial charge in [0.05, 0.1) is 19.1 Å². The fourth-order valence-corrected chi connectivity index (χ4v) is 1.12. The lowest BCUT2D eigenvalue weighted by Gasteiger charge is -2.07. The molecule has 1 aromatic carbocycles. The first-order valence-electron chi connectivity index (χ1n) is 4.05. The van der Waals surface area contributed by atoms with Crippen molar-refractivity contribution in [1.29, 1.82) is 5.26 Å². The molecular weight excluding hydrogens is 164 g/mol. The quantitative estimate of drug-likeness (QED) is 0.754. The molecule has 0 amide bonds. The largest absolute Gasteiger partial charge is 0.497 e. The molecule has 0 aliphatic rings. The number of nitrogens with two attached hydrogens (primary N) is 1. The van der Waals surface area contributed by atoms with Crippen LogP contribution in [0.3, 0.4) is 0 Å². The van der Waals surface area contributed by atoms with Crippen LogP contribution in [0.1, 0.15) is 11.5 Å². The molecule has 68 valence electrons. The normalized spacial score (nSPS) is 11.8. The van der Waals surface area contributed by atoms with E-state index >= 15 is 0 Å². The second-order valence-corrected chi connectivity index (χ2v) is 2.69. The number of methoxy groups -OCH3 is 1. The van der Waals surface area contributed by atoms with Crippen LogP contribution in [0, 0.1) is 11.3 Å². The van der Waals surface area contributed by atoms with Gasteiger partial charge in [0, 0.05) is 6.54 Å². The molecule has 0 saturated heterocycles. The van der Waals surface area contributed by atoms with Crippen molar-refractivity contribution in [2.24, 2.45) is 5.73 Å². The zero-order valence-corrected chi connectivity index (χ0v) is 7.53. The van der Waals surface area contributed by atoms with E-state index in [4.69, 9.17) is 15.7 Å². The van der Waals surface area contributed by atoms with Gasteiger partial charge >= 0.3 is 0 Å². The number of ether oxygens (including phenoxy) is 1. The fourth-order valence-electron chi connectivity index (χ4n) is 1.12. The van der Waals surface area contributed by atoms with Crippen molar-refractivity contribution >= 4 is 0 Å². The van der Waals surface area contributed by atoms with Gasteiger partial charge in [0.1, 0.15) is 5.75 Å². The average molecular weight is 176 g/mol. The highest BCUT2D eigenvalue weighted by Crippen LogP contribution is 2.19. The molecule has 13 heavy (non-hydrogen) atoms. The second-order valence-electron chi connectivity index (χ2n) is 2.69. The third-order valence-corrected chi connectivity index (χ3v) is 1.89. The van der Waals surface area contributed by atoms with E-state index < -0.39 is 0 Å². The molecule has 1 rings (SSSR count). The Labute approximate surface area is 77.7 Å². The van der Waals surface area contributed by atoms with Gasteiger partial charge in [-0.1, -0.05) is 12.1 Å². The van der Waals surface area contributed by atoms with E-state index in [1.165, 1.54) is 0 Å². The van der Waals surface area contributed by atoms with Crippen LogP contribution in [0.2, 0.25) is 0 Å². The predicted octanol–water partition coefficient (Wildman–Crippen LogP) is 1.26. The molecule has 0 aliphatic carbocycles. The van der Waals surface area contributed by atoms with Crippen LogP contribution in [0.4, 0.5) is 0 Å². The smallest absolute Gasteiger partial charge is 0.119 e. The highest BCUT2D eigenvalue weighted by molar-refractivity contribution is 5.33. The maximum atomic E-state index is 8.77. The second kappa shape index (κ2) is 4.48. The number of benzene rings is 1. The van der Waals surface area contributed by atoms with Crippen LogP contribution in [0.15, 0.2) is 24.3 Å². The molecule has 2 N–H and O–H groups in total. The molecular formula is C10H12N2O. The van der Waals surface area contributed by atoms with Crippen molar-refractivity contribution in [3.8, 4) is 11.8 Å². The van der Waals surface area contributed by atoms with E-state index in [1.807, 2.05) is 24.3 Å². The van der Waals surface area contributed by atoms with Crippen LogP contribution in [0.5, 0.6) is 5.75 Å². The summed E-state index contributed by atoms with van der Waals surface area (Å²) >= 11 is 0. The molecule has 0 heterocycles. The molecule has 0 radical (unpaired) electrons. The molecule has 0 aliphatic heterocycles. The van der Waals surface area contributed by atoms with Gasteiger partial charge in [-0.2, -0.15) is 5.26 Å². The molecule has 0 spiro atoms. The summed E-state index contributed by atoms with van der Waals surface area (Å²) in [7, 11) is 1.60. The predicted molar refractivity (Wildman–Crippen MR) is 50.4 cm³/mol. The number of hydrogen-bond donors (Lipinski definition) is 1. The van der Waals surface area contributed by atoms with Gasteiger partial charge < -0.3 is 10.5 Å². The van der Waals surface area contributed by atoms with E-state index in [9.17, 15) is 0 Å². The Bertz CT molecular complexity index is 317. The van der Waals surface area contributed by atoms with Crippen molar-refractivity contribution in [2.45, 2.75) is 5.92 Å². The van der Waals surface area contributed by atoms with Crippen molar-refractivity contribution < 1.29 is 4.74 Å². The standard InChI is InChI=1S/C10H12N2O/c1-13-10-4-2-3-8(5-10)9(6-11)7-12/h2-5,9H,6,11H2,1H3. The summed E-state index contributed by atoms with van der Waals surface area (Å²) < 4.78 is 5.04. The van der Waals surface area contributed by atoms with Crippen LogP contribution in [0.25, 0.3) is 0 Å². The van der Waals surface area contributed by atoms with Gasteiger partial charge in [0.2, 0.25) is 0 Å². The number of nitrogens with zero attached hydrogens (tertiary/aromatic N) is 1. The third-order valence-electron chi connectivity index (χ3n) is 1.89. The topological polar surface area (TPSA) is 59.0 Å². The maximum absolute atomic E-state index is 8.77. The minimum Gasteiger partial charge on any atom is -0.497 e. The van der Waals surface area contributed by atoms with Gasteiger partial charge in [-0.3, -0.25) is 0 Å². The van der Waals surface area contributed by atoms with Gasteiger partial charge in [-0.25, -0.2) is 0 Å². The molecule has 0 bridgehead atoms. The maximum Gasteiger partial charge on any atom is 0.119 e. The zero-order valence-electron chi connectivity index (χ0n) is 7.53. The highest BCUT2D eigenvalue weighted by Gasteiger charge is 2.08. The number of nitriles is 1. The van der Waals surface area contributed by atoms with Gasteiger partial charge in [0.25, 0.3) is 0 Å². The number of rotatable bonds is 3. The monoisotopic (exact) mass is 176 g/mol. The van der Waals surface area contributed by atoms with E-state index in [0.717, 1.165) is 11.3 Å². The minimum absolute atomic E-state index is 0.241. The van der Waals surface area contributed by atoms with Crippen molar-refractivity contribution in [3.05, 3.63) is 29.8 Å². The summed E-state index contributed by atoms with van der Waals surface area (Å²) in [6.45, 7) is 0.337. The van der Waals surface area contributed by atoms with Gasteiger partial charge in [-0.05, 0) is 17.7 Å². The average Bonchev–Trinajstić information content (AvgIpc) is 2.20. The fraction of sp³-hybridized carbons (Fsp3) is 0.300. The molecule has 3 heteroatoms. The first-order valence-corrected chi connectivity index (χ1v) is 4.05. The van der Waals surface area contributed by atoms with Crippen molar-refractivity contribution in [1.82, 2.24) is 0 Å². The first kappa shape index (κ1) is 9.56. The molecule has 0 aromatic heterocycles. The Morgan fingerprint density at radius 2 is 2.38 bits per heavy atom. The summed E-state index contributed by atoms with van der Waals surface area (Å²) in [5.74, 6) is 0.515. The van der Waals surface area contributed by atoms with E-state index in [-0.39, 0.29) is 5.92 Å². The summed E-state index contributed by atoms with van der Waals surface area (Å²) in [4.78, 5) is 0. The first-order chi connectivity index (χ1) is 6.31. The zero-order chi connectivity index (χ0) is 9.68. The van der Waals surface area contributed by atoms with Gasteiger partial charge in [-0.15, -0.1) is 0 Å². The summed E-state index contributed by atoms with van der Waals surface area (Å²) in [6.07, 6.45) is 0. The Morgan fingerprint density at radius 3 is 2.92 bits per heavy atom. The lowest BCUT2D eigenvalue weighted by atomic mass is 10.0. The minimum atomic E-state index is -0.241. The van der Waals surface area contributed by atoms with Gasteiger partial charge in [0.15, 0.2) is 0 Å². The molecule has 0 saturated carbocycles. The van der Waals surface area contributed by atoms with Crippen LogP contribution in [-0.4, -0.2) is 13.7 Å². The molecule has 1 unspecified atom stereocenters. The SMILES string of the molecule is COc1cccc(C(C#N)CN)c1. The number of hydrogen-bond acceptors (Lipinski definition) is 3. The van der Waals surface area contributed by atoms with Crippen LogP contribution < -0.4 is 10.5 Å². The lowest BCUT2D eigenvalue weighted by Crippen LogP contribution is -2.10. The highest BCUT2D eigenvalue weighted by atomic mass is 16.5.